The first-order valence-electron chi connectivity index (χ1n) is 4.34. The van der Waals surface area contributed by atoms with Crippen LogP contribution in [-0.2, 0) is 6.54 Å². The third-order valence-electron chi connectivity index (χ3n) is 1.95. The molecule has 2 aromatic rings. The number of fused-ring (bicyclic) bond motifs is 1. The SMILES string of the molecule is CN(O)Cc1cnc2ccncc2c1. The van der Waals surface area contributed by atoms with E-state index in [0.29, 0.717) is 6.54 Å². The maximum Gasteiger partial charge on any atom is 0.0732 e. The van der Waals surface area contributed by atoms with E-state index in [2.05, 4.69) is 9.97 Å². The molecule has 0 fully saturated rings. The summed E-state index contributed by atoms with van der Waals surface area (Å²) < 4.78 is 0. The first kappa shape index (κ1) is 9.05. The van der Waals surface area contributed by atoms with Crippen LogP contribution < -0.4 is 0 Å². The Morgan fingerprint density at radius 1 is 1.43 bits per heavy atom. The van der Waals surface area contributed by atoms with Gasteiger partial charge in [-0.3, -0.25) is 9.97 Å². The first-order chi connectivity index (χ1) is 6.75. The molecule has 72 valence electrons. The number of pyridine rings is 2. The largest absolute Gasteiger partial charge is 0.314 e. The number of rotatable bonds is 2. The van der Waals surface area contributed by atoms with Gasteiger partial charge in [-0.2, -0.15) is 5.06 Å². The standard InChI is InChI=1S/C10H11N3O/c1-13(14)7-8-4-9-6-11-3-2-10(9)12-5-8/h2-6,14H,7H2,1H3. The van der Waals surface area contributed by atoms with Crippen molar-refractivity contribution in [3.8, 4) is 0 Å². The summed E-state index contributed by atoms with van der Waals surface area (Å²) in [6.07, 6.45) is 5.24. The molecule has 0 aromatic carbocycles. The number of nitrogens with zero attached hydrogens (tertiary/aromatic N) is 3. The van der Waals surface area contributed by atoms with E-state index in [1.54, 1.807) is 25.6 Å². The lowest BCUT2D eigenvalue weighted by Gasteiger charge is -2.07. The van der Waals surface area contributed by atoms with Crippen molar-refractivity contribution in [3.05, 3.63) is 36.3 Å². The maximum atomic E-state index is 9.07. The Morgan fingerprint density at radius 3 is 3.07 bits per heavy atom. The lowest BCUT2D eigenvalue weighted by Crippen LogP contribution is -2.11. The normalized spacial score (nSPS) is 11.1. The minimum Gasteiger partial charge on any atom is -0.314 e. The van der Waals surface area contributed by atoms with Gasteiger partial charge >= 0.3 is 0 Å². The van der Waals surface area contributed by atoms with Crippen molar-refractivity contribution in [2.75, 3.05) is 7.05 Å². The fraction of sp³-hybridized carbons (Fsp3) is 0.200. The molecule has 1 N–H and O–H groups in total. The molecule has 0 bridgehead atoms. The van der Waals surface area contributed by atoms with Crippen LogP contribution >= 0.6 is 0 Å². The smallest absolute Gasteiger partial charge is 0.0732 e. The molecule has 2 heterocycles. The molecule has 2 rings (SSSR count). The van der Waals surface area contributed by atoms with E-state index in [-0.39, 0.29) is 0 Å². The van der Waals surface area contributed by atoms with E-state index in [4.69, 9.17) is 5.21 Å². The summed E-state index contributed by atoms with van der Waals surface area (Å²) in [6.45, 7) is 0.470. The molecule has 4 nitrogen and oxygen atoms in total. The third kappa shape index (κ3) is 1.86. The summed E-state index contributed by atoms with van der Waals surface area (Å²) in [4.78, 5) is 8.27. The van der Waals surface area contributed by atoms with E-state index in [0.717, 1.165) is 21.5 Å². The van der Waals surface area contributed by atoms with Gasteiger partial charge in [-0.25, -0.2) is 0 Å². The van der Waals surface area contributed by atoms with Crippen LogP contribution in [0.25, 0.3) is 10.9 Å². The average Bonchev–Trinajstić information content (AvgIpc) is 2.17. The monoisotopic (exact) mass is 189 g/mol. The Kier molecular flexibility index (Phi) is 2.39. The van der Waals surface area contributed by atoms with Crippen LogP contribution in [0, 0.1) is 0 Å². The van der Waals surface area contributed by atoms with Gasteiger partial charge in [-0.05, 0) is 17.7 Å². The van der Waals surface area contributed by atoms with E-state index >= 15 is 0 Å². The number of hydrogen-bond donors (Lipinski definition) is 1. The first-order valence-corrected chi connectivity index (χ1v) is 4.34. The average molecular weight is 189 g/mol. The highest BCUT2D eigenvalue weighted by atomic mass is 16.5. The Labute approximate surface area is 81.8 Å². The summed E-state index contributed by atoms with van der Waals surface area (Å²) in [5.41, 5.74) is 1.89. The molecule has 0 saturated heterocycles. The van der Waals surface area contributed by atoms with Crippen LogP contribution in [0.5, 0.6) is 0 Å². The lowest BCUT2D eigenvalue weighted by molar-refractivity contribution is -0.0731. The number of aromatic nitrogens is 2. The highest BCUT2D eigenvalue weighted by molar-refractivity contribution is 5.77. The van der Waals surface area contributed by atoms with E-state index < -0.39 is 0 Å². The van der Waals surface area contributed by atoms with E-state index in [1.807, 2.05) is 12.1 Å². The topological polar surface area (TPSA) is 49.2 Å². The summed E-state index contributed by atoms with van der Waals surface area (Å²) in [5.74, 6) is 0. The van der Waals surface area contributed by atoms with Crippen LogP contribution in [0.2, 0.25) is 0 Å². The Bertz CT molecular complexity index is 442. The number of hydroxylamine groups is 2. The minimum absolute atomic E-state index is 0.470. The van der Waals surface area contributed by atoms with Crippen molar-refractivity contribution in [2.45, 2.75) is 6.54 Å². The van der Waals surface area contributed by atoms with Crippen molar-refractivity contribution in [1.82, 2.24) is 15.0 Å². The summed E-state index contributed by atoms with van der Waals surface area (Å²) in [5, 5.41) is 11.2. The molecule has 0 saturated carbocycles. The van der Waals surface area contributed by atoms with Crippen molar-refractivity contribution in [2.24, 2.45) is 0 Å². The van der Waals surface area contributed by atoms with Crippen LogP contribution in [0.3, 0.4) is 0 Å². The minimum atomic E-state index is 0.470. The van der Waals surface area contributed by atoms with Gasteiger partial charge in [0.05, 0.1) is 12.1 Å². The van der Waals surface area contributed by atoms with Gasteiger partial charge in [0.25, 0.3) is 0 Å². The zero-order valence-electron chi connectivity index (χ0n) is 7.88. The van der Waals surface area contributed by atoms with Gasteiger partial charge in [0, 0.05) is 31.0 Å². The second kappa shape index (κ2) is 3.69. The molecule has 0 spiro atoms. The van der Waals surface area contributed by atoms with Crippen molar-refractivity contribution in [1.29, 1.82) is 0 Å². The van der Waals surface area contributed by atoms with Crippen molar-refractivity contribution < 1.29 is 5.21 Å². The maximum absolute atomic E-state index is 9.07. The zero-order valence-corrected chi connectivity index (χ0v) is 7.88. The number of hydrogen-bond acceptors (Lipinski definition) is 4. The fourth-order valence-electron chi connectivity index (χ4n) is 1.37. The molecule has 0 aliphatic rings. The molecule has 0 unspecified atom stereocenters. The second-order valence-corrected chi connectivity index (χ2v) is 3.23. The Morgan fingerprint density at radius 2 is 2.29 bits per heavy atom. The molecular weight excluding hydrogens is 178 g/mol. The second-order valence-electron chi connectivity index (χ2n) is 3.23. The summed E-state index contributed by atoms with van der Waals surface area (Å²) in [7, 11) is 1.60. The molecule has 0 radical (unpaired) electrons. The Balaban J connectivity index is 2.41. The molecular formula is C10H11N3O. The van der Waals surface area contributed by atoms with Crippen LogP contribution in [0.1, 0.15) is 5.56 Å². The van der Waals surface area contributed by atoms with Crippen molar-refractivity contribution >= 4 is 10.9 Å². The highest BCUT2D eigenvalue weighted by Gasteiger charge is 1.99. The van der Waals surface area contributed by atoms with Crippen molar-refractivity contribution in [3.63, 3.8) is 0 Å². The molecule has 2 aromatic heterocycles. The predicted molar refractivity (Wildman–Crippen MR) is 52.8 cm³/mol. The third-order valence-corrected chi connectivity index (χ3v) is 1.95. The molecule has 14 heavy (non-hydrogen) atoms. The van der Waals surface area contributed by atoms with Gasteiger partial charge in [0.1, 0.15) is 0 Å². The van der Waals surface area contributed by atoms with Gasteiger partial charge in [0.2, 0.25) is 0 Å². The summed E-state index contributed by atoms with van der Waals surface area (Å²) >= 11 is 0. The van der Waals surface area contributed by atoms with Gasteiger partial charge in [0.15, 0.2) is 0 Å². The molecule has 4 heteroatoms. The molecule has 0 amide bonds. The van der Waals surface area contributed by atoms with Crippen LogP contribution in [0.15, 0.2) is 30.7 Å². The molecule has 0 atom stereocenters. The summed E-state index contributed by atoms with van der Waals surface area (Å²) in [6, 6.07) is 3.84. The lowest BCUT2D eigenvalue weighted by atomic mass is 10.2. The fourth-order valence-corrected chi connectivity index (χ4v) is 1.37. The van der Waals surface area contributed by atoms with E-state index in [1.165, 1.54) is 0 Å². The van der Waals surface area contributed by atoms with Gasteiger partial charge in [-0.15, -0.1) is 0 Å². The van der Waals surface area contributed by atoms with E-state index in [9.17, 15) is 0 Å². The van der Waals surface area contributed by atoms with Crippen LogP contribution in [0.4, 0.5) is 0 Å². The molecule has 0 aliphatic carbocycles. The zero-order chi connectivity index (χ0) is 9.97. The quantitative estimate of drug-likeness (QED) is 0.726. The highest BCUT2D eigenvalue weighted by Crippen LogP contribution is 2.11. The molecule has 0 aliphatic heterocycles. The van der Waals surface area contributed by atoms with Gasteiger partial charge < -0.3 is 5.21 Å². The Hall–Kier alpha value is -1.52. The van der Waals surface area contributed by atoms with Gasteiger partial charge in [-0.1, -0.05) is 0 Å². The van der Waals surface area contributed by atoms with Crippen LogP contribution in [-0.4, -0.2) is 27.3 Å². The predicted octanol–water partition coefficient (Wildman–Crippen LogP) is 1.45.